The van der Waals surface area contributed by atoms with Gasteiger partial charge in [0.2, 0.25) is 0 Å². The Morgan fingerprint density at radius 3 is 0.637 bits per heavy atom. The van der Waals surface area contributed by atoms with Crippen LogP contribution in [-0.4, -0.2) is 36.6 Å². The summed E-state index contributed by atoms with van der Waals surface area (Å²) in [7, 11) is 0. The molecule has 0 atom stereocenters. The Morgan fingerprint density at radius 1 is 0.220 bits per heavy atom. The highest BCUT2D eigenvalue weighted by molar-refractivity contribution is 5.75. The number of hydrogen-bond acceptors (Lipinski definition) is 9. The summed E-state index contributed by atoms with van der Waals surface area (Å²) in [6.07, 6.45) is 33.3. The maximum Gasteiger partial charge on any atom is 0.328 e. The Balaban J connectivity index is 0.829. The van der Waals surface area contributed by atoms with Crippen LogP contribution in [0.2, 0.25) is 0 Å². The molecular weight excluding hydrogens is 1120 g/mol. The van der Waals surface area contributed by atoms with Crippen LogP contribution in [0.15, 0.2) is 223 Å². The van der Waals surface area contributed by atoms with Gasteiger partial charge in [-0.1, -0.05) is 234 Å². The van der Waals surface area contributed by atoms with Gasteiger partial charge in [0, 0.05) is 0 Å². The summed E-state index contributed by atoms with van der Waals surface area (Å²) in [5, 5.41) is 9.58. The number of aryl methyl sites for hydroxylation is 4. The monoisotopic (exact) mass is 1220 g/mol. The lowest BCUT2D eigenvalue weighted by atomic mass is 10.1. The molecule has 9 aromatic rings. The standard InChI is InChI=1S/C82H100N4O5/c1(9-21-37-69-41-25-17-26-42-69)5-13-33-65-87-77-57-49-73(50-58-77)85(74-51-59-78(60-52-74)88-66-34-14-6-2-10-22-38-70-43-27-18-28-44-70)81-83-84-82(91-81)86(75-53-61-79(62-54-75)89-67-35-15-7-3-11-23-39-71-45-29-19-30-46-71)76-55-63-80(64-56-76)90-68-36-16-8-4-12-24-40-72-47-31-20-32-48-72/h17-20,25-32,41-64H,1-16,21-24,33-40,65-68H2. The number of anilines is 6. The quantitative estimate of drug-likeness (QED) is 0.0347. The van der Waals surface area contributed by atoms with Gasteiger partial charge in [0.25, 0.3) is 0 Å². The van der Waals surface area contributed by atoms with Gasteiger partial charge in [-0.25, -0.2) is 0 Å². The molecule has 1 aromatic heterocycles. The van der Waals surface area contributed by atoms with E-state index in [2.05, 4.69) is 170 Å². The Hall–Kier alpha value is -8.30. The van der Waals surface area contributed by atoms with Gasteiger partial charge >= 0.3 is 12.0 Å². The first-order chi connectivity index (χ1) is 45.2. The third kappa shape index (κ3) is 24.8. The normalized spacial score (nSPS) is 11.2. The molecule has 9 nitrogen and oxygen atoms in total. The maximum atomic E-state index is 6.85. The van der Waals surface area contributed by atoms with Gasteiger partial charge < -0.3 is 23.4 Å². The van der Waals surface area contributed by atoms with Crippen LogP contribution in [0.4, 0.5) is 34.8 Å². The molecule has 0 aliphatic carbocycles. The van der Waals surface area contributed by atoms with E-state index in [4.69, 9.17) is 33.6 Å². The third-order valence-corrected chi connectivity index (χ3v) is 17.1. The molecule has 8 aromatic carbocycles. The Labute approximate surface area is 545 Å². The molecule has 0 bridgehead atoms. The molecular formula is C82H100N4O5. The van der Waals surface area contributed by atoms with Crippen LogP contribution in [0.1, 0.15) is 176 Å². The maximum absolute atomic E-state index is 6.85. The van der Waals surface area contributed by atoms with Crippen LogP contribution >= 0.6 is 0 Å². The van der Waals surface area contributed by atoms with Crippen molar-refractivity contribution in [2.24, 2.45) is 0 Å². The fourth-order valence-corrected chi connectivity index (χ4v) is 11.8. The lowest BCUT2D eigenvalue weighted by Gasteiger charge is -2.23. The summed E-state index contributed by atoms with van der Waals surface area (Å²) in [4.78, 5) is 4.00. The highest BCUT2D eigenvalue weighted by Gasteiger charge is 2.25. The van der Waals surface area contributed by atoms with Gasteiger partial charge in [-0.2, -0.15) is 0 Å². The summed E-state index contributed by atoms with van der Waals surface area (Å²) >= 11 is 0. The molecule has 91 heavy (non-hydrogen) atoms. The van der Waals surface area contributed by atoms with Crippen molar-refractivity contribution in [3.63, 3.8) is 0 Å². The van der Waals surface area contributed by atoms with Crippen molar-refractivity contribution in [1.29, 1.82) is 0 Å². The van der Waals surface area contributed by atoms with Gasteiger partial charge in [-0.3, -0.25) is 9.80 Å². The van der Waals surface area contributed by atoms with E-state index in [0.717, 1.165) is 123 Å². The Kier molecular flexibility index (Phi) is 29.8. The van der Waals surface area contributed by atoms with Gasteiger partial charge in [-0.05, 0) is 196 Å². The molecule has 0 radical (unpaired) electrons. The average molecular weight is 1220 g/mol. The second-order valence-electron chi connectivity index (χ2n) is 24.3. The van der Waals surface area contributed by atoms with Gasteiger partial charge in [0.1, 0.15) is 23.0 Å². The third-order valence-electron chi connectivity index (χ3n) is 17.1. The molecule has 0 fully saturated rings. The van der Waals surface area contributed by atoms with Gasteiger partial charge in [-0.15, -0.1) is 0 Å². The van der Waals surface area contributed by atoms with Crippen LogP contribution in [0, 0.1) is 0 Å². The van der Waals surface area contributed by atoms with Crippen molar-refractivity contribution in [3.8, 4) is 23.0 Å². The molecule has 0 saturated carbocycles. The highest BCUT2D eigenvalue weighted by atomic mass is 16.5. The van der Waals surface area contributed by atoms with Crippen molar-refractivity contribution in [3.05, 3.63) is 241 Å². The van der Waals surface area contributed by atoms with E-state index in [9.17, 15) is 0 Å². The van der Waals surface area contributed by atoms with Crippen LogP contribution in [-0.2, 0) is 25.7 Å². The highest BCUT2D eigenvalue weighted by Crippen LogP contribution is 2.41. The molecule has 478 valence electrons. The topological polar surface area (TPSA) is 82.3 Å². The number of rotatable bonds is 46. The number of unbranched alkanes of at least 4 members (excludes halogenated alkanes) is 20. The van der Waals surface area contributed by atoms with E-state index in [1.54, 1.807) is 0 Å². The van der Waals surface area contributed by atoms with Crippen molar-refractivity contribution in [2.45, 2.75) is 180 Å². The molecule has 0 spiro atoms. The zero-order chi connectivity index (χ0) is 62.3. The summed E-state index contributed by atoms with van der Waals surface area (Å²) in [5.41, 5.74) is 9.15. The SMILES string of the molecule is c1ccc(CCCCCCCCOc2ccc(N(c3ccc(OCCCCCCCCc4ccccc4)cc3)c3nnc(N(c4ccc(OCCCCCCCCc5ccccc5)cc4)c4ccc(OCCCCCCCCc5ccccc5)cc4)o3)cc2)cc1. The van der Waals surface area contributed by atoms with E-state index in [1.807, 2.05) is 58.3 Å². The van der Waals surface area contributed by atoms with Gasteiger partial charge in [0.05, 0.1) is 49.2 Å². The number of hydrogen-bond donors (Lipinski definition) is 0. The van der Waals surface area contributed by atoms with Crippen molar-refractivity contribution < 1.29 is 23.4 Å². The largest absolute Gasteiger partial charge is 0.494 e. The van der Waals surface area contributed by atoms with E-state index < -0.39 is 0 Å². The first-order valence-electron chi connectivity index (χ1n) is 34.7. The predicted molar refractivity (Wildman–Crippen MR) is 377 cm³/mol. The molecule has 0 aliphatic rings. The fourth-order valence-electron chi connectivity index (χ4n) is 11.8. The predicted octanol–water partition coefficient (Wildman–Crippen LogP) is 22.9. The summed E-state index contributed by atoms with van der Waals surface area (Å²) in [6, 6.07) is 76.7. The van der Waals surface area contributed by atoms with Crippen LogP contribution in [0.25, 0.3) is 0 Å². The van der Waals surface area contributed by atoms with Crippen molar-refractivity contribution >= 4 is 34.8 Å². The summed E-state index contributed by atoms with van der Waals surface area (Å²) in [6.45, 7) is 2.72. The zero-order valence-electron chi connectivity index (χ0n) is 54.2. The smallest absolute Gasteiger partial charge is 0.328 e. The summed E-state index contributed by atoms with van der Waals surface area (Å²) < 4.78 is 32.1. The molecule has 9 heteroatoms. The zero-order valence-corrected chi connectivity index (χ0v) is 54.2. The lowest BCUT2D eigenvalue weighted by molar-refractivity contribution is 0.304. The molecule has 1 heterocycles. The van der Waals surface area contributed by atoms with Crippen LogP contribution in [0.5, 0.6) is 23.0 Å². The molecule has 0 N–H and O–H groups in total. The first-order valence-corrected chi connectivity index (χ1v) is 34.7. The molecule has 0 aliphatic heterocycles. The minimum Gasteiger partial charge on any atom is -0.494 e. The number of nitrogens with zero attached hydrogens (tertiary/aromatic N) is 4. The van der Waals surface area contributed by atoms with Gasteiger partial charge in [0.15, 0.2) is 0 Å². The minimum absolute atomic E-state index is 0.321. The first kappa shape index (κ1) is 67.1. The van der Waals surface area contributed by atoms with Crippen molar-refractivity contribution in [1.82, 2.24) is 10.2 Å². The fraction of sp³-hybridized carbons (Fsp3) is 0.390. The molecule has 9 rings (SSSR count). The number of aromatic nitrogens is 2. The van der Waals surface area contributed by atoms with Crippen LogP contribution < -0.4 is 28.7 Å². The Morgan fingerprint density at radius 2 is 0.418 bits per heavy atom. The van der Waals surface area contributed by atoms with Crippen molar-refractivity contribution in [2.75, 3.05) is 36.2 Å². The van der Waals surface area contributed by atoms with E-state index >= 15 is 0 Å². The molecule has 0 amide bonds. The number of ether oxygens (including phenoxy) is 4. The second kappa shape index (κ2) is 40.4. The number of benzene rings is 8. The van der Waals surface area contributed by atoms with Crippen LogP contribution in [0.3, 0.4) is 0 Å². The minimum atomic E-state index is 0.321. The lowest BCUT2D eigenvalue weighted by Crippen LogP contribution is -2.11. The van der Waals surface area contributed by atoms with E-state index in [-0.39, 0.29) is 0 Å². The second-order valence-corrected chi connectivity index (χ2v) is 24.3. The van der Waals surface area contributed by atoms with E-state index in [0.29, 0.717) is 38.5 Å². The molecule has 0 saturated heterocycles. The average Bonchev–Trinajstić information content (AvgIpc) is 1.99. The summed E-state index contributed by atoms with van der Waals surface area (Å²) in [5.74, 6) is 3.31. The molecule has 0 unspecified atom stereocenters. The Bertz CT molecular complexity index is 2850. The van der Waals surface area contributed by atoms with E-state index in [1.165, 1.54) is 125 Å².